The summed E-state index contributed by atoms with van der Waals surface area (Å²) in [6.07, 6.45) is 3.08. The van der Waals surface area contributed by atoms with E-state index in [0.717, 1.165) is 75.4 Å². The van der Waals surface area contributed by atoms with Crippen molar-refractivity contribution in [1.82, 2.24) is 10.6 Å². The summed E-state index contributed by atoms with van der Waals surface area (Å²) in [4.78, 5) is 5.32. The zero-order valence-electron chi connectivity index (χ0n) is 15.9. The highest BCUT2D eigenvalue weighted by atomic mass is 127. The predicted molar refractivity (Wildman–Crippen MR) is 121 cm³/mol. The summed E-state index contributed by atoms with van der Waals surface area (Å²) in [5, 5.41) is 6.61. The summed E-state index contributed by atoms with van der Waals surface area (Å²) in [7, 11) is 1.78. The van der Waals surface area contributed by atoms with Gasteiger partial charge in [-0.25, -0.2) is 4.39 Å². The zero-order chi connectivity index (χ0) is 18.5. The number of ether oxygens (including phenoxy) is 2. The van der Waals surface area contributed by atoms with Crippen molar-refractivity contribution < 1.29 is 13.9 Å². The van der Waals surface area contributed by atoms with Gasteiger partial charge < -0.3 is 20.1 Å². The first-order valence-electron chi connectivity index (χ1n) is 9.26. The lowest BCUT2D eigenvalue weighted by Gasteiger charge is -2.12. The van der Waals surface area contributed by atoms with E-state index in [-0.39, 0.29) is 29.8 Å². The molecule has 1 unspecified atom stereocenters. The van der Waals surface area contributed by atoms with Gasteiger partial charge in [0.1, 0.15) is 5.82 Å². The molecule has 154 valence electrons. The molecule has 2 rings (SSSR count). The first kappa shape index (κ1) is 24.5. The van der Waals surface area contributed by atoms with Gasteiger partial charge in [0.05, 0.1) is 13.2 Å². The highest BCUT2D eigenvalue weighted by Gasteiger charge is 2.15. The molecular formula is C19H31FIN3O2S. The summed E-state index contributed by atoms with van der Waals surface area (Å²) < 4.78 is 23.9. The standard InChI is InChI=1S/C19H30FN3O2S.HI/c1-21-19(22-9-2-11-24-14-16-8-12-25-15-16)23-10-3-13-26-18-6-4-17(20)5-7-18;/h4-7,16H,2-3,8-15H2,1H3,(H2,21,22,23);1H. The molecule has 0 aliphatic carbocycles. The molecule has 0 radical (unpaired) electrons. The van der Waals surface area contributed by atoms with Crippen LogP contribution in [-0.2, 0) is 9.47 Å². The number of benzene rings is 1. The van der Waals surface area contributed by atoms with Gasteiger partial charge in [-0.1, -0.05) is 0 Å². The van der Waals surface area contributed by atoms with Crippen molar-refractivity contribution in [3.63, 3.8) is 0 Å². The molecule has 0 bridgehead atoms. The number of nitrogens with zero attached hydrogens (tertiary/aromatic N) is 1. The average molecular weight is 511 g/mol. The largest absolute Gasteiger partial charge is 0.381 e. The number of thioether (sulfide) groups is 1. The summed E-state index contributed by atoms with van der Waals surface area (Å²) in [5.74, 6) is 2.18. The Kier molecular flexibility index (Phi) is 13.9. The number of guanidine groups is 1. The number of aliphatic imine (C=N–C) groups is 1. The van der Waals surface area contributed by atoms with E-state index < -0.39 is 0 Å². The molecule has 1 aliphatic heterocycles. The third kappa shape index (κ3) is 11.1. The predicted octanol–water partition coefficient (Wildman–Crippen LogP) is 3.53. The van der Waals surface area contributed by atoms with Gasteiger partial charge in [0.15, 0.2) is 5.96 Å². The lowest BCUT2D eigenvalue weighted by Crippen LogP contribution is -2.38. The Balaban J connectivity index is 0.00000364. The fourth-order valence-corrected chi connectivity index (χ4v) is 3.42. The van der Waals surface area contributed by atoms with E-state index >= 15 is 0 Å². The second kappa shape index (κ2) is 15.4. The van der Waals surface area contributed by atoms with Crippen LogP contribution < -0.4 is 10.6 Å². The van der Waals surface area contributed by atoms with Crippen LogP contribution in [0.15, 0.2) is 34.2 Å². The molecule has 1 aromatic carbocycles. The van der Waals surface area contributed by atoms with Crippen LogP contribution in [0, 0.1) is 11.7 Å². The Morgan fingerprint density at radius 3 is 2.67 bits per heavy atom. The normalized spacial score (nSPS) is 16.8. The van der Waals surface area contributed by atoms with Crippen molar-refractivity contribution in [2.75, 3.05) is 52.3 Å². The molecule has 1 fully saturated rings. The molecule has 1 aromatic rings. The van der Waals surface area contributed by atoms with Crippen molar-refractivity contribution in [1.29, 1.82) is 0 Å². The number of hydrogen-bond donors (Lipinski definition) is 2. The average Bonchev–Trinajstić information content (AvgIpc) is 3.17. The third-order valence-electron chi connectivity index (χ3n) is 4.05. The molecule has 5 nitrogen and oxygen atoms in total. The Morgan fingerprint density at radius 2 is 2.00 bits per heavy atom. The number of halogens is 2. The summed E-state index contributed by atoms with van der Waals surface area (Å²) in [5.41, 5.74) is 0. The zero-order valence-corrected chi connectivity index (χ0v) is 19.1. The van der Waals surface area contributed by atoms with E-state index in [4.69, 9.17) is 9.47 Å². The molecule has 0 saturated carbocycles. The molecule has 1 atom stereocenters. The molecule has 0 spiro atoms. The Labute approximate surface area is 183 Å². The lowest BCUT2D eigenvalue weighted by molar-refractivity contribution is 0.0888. The van der Waals surface area contributed by atoms with Crippen LogP contribution in [-0.4, -0.2) is 58.3 Å². The van der Waals surface area contributed by atoms with Crippen LogP contribution in [0.5, 0.6) is 0 Å². The molecular weight excluding hydrogens is 480 g/mol. The highest BCUT2D eigenvalue weighted by Crippen LogP contribution is 2.18. The topological polar surface area (TPSA) is 54.9 Å². The van der Waals surface area contributed by atoms with Gasteiger partial charge in [0, 0.05) is 44.2 Å². The Morgan fingerprint density at radius 1 is 1.26 bits per heavy atom. The summed E-state index contributed by atoms with van der Waals surface area (Å²) >= 11 is 1.73. The van der Waals surface area contributed by atoms with Crippen molar-refractivity contribution in [3.8, 4) is 0 Å². The second-order valence-electron chi connectivity index (χ2n) is 6.24. The van der Waals surface area contributed by atoms with Crippen molar-refractivity contribution >= 4 is 41.7 Å². The van der Waals surface area contributed by atoms with Gasteiger partial charge in [0.2, 0.25) is 0 Å². The van der Waals surface area contributed by atoms with Crippen LogP contribution in [0.1, 0.15) is 19.3 Å². The summed E-state index contributed by atoms with van der Waals surface area (Å²) in [6.45, 7) is 4.97. The maximum atomic E-state index is 12.8. The Hall–Kier alpha value is -0.580. The highest BCUT2D eigenvalue weighted by molar-refractivity contribution is 14.0. The van der Waals surface area contributed by atoms with Gasteiger partial charge in [-0.15, -0.1) is 35.7 Å². The molecule has 1 heterocycles. The molecule has 2 N–H and O–H groups in total. The van der Waals surface area contributed by atoms with Crippen molar-refractivity contribution in [2.24, 2.45) is 10.9 Å². The van der Waals surface area contributed by atoms with Crippen LogP contribution >= 0.6 is 35.7 Å². The van der Waals surface area contributed by atoms with E-state index in [2.05, 4.69) is 15.6 Å². The second-order valence-corrected chi connectivity index (χ2v) is 7.41. The van der Waals surface area contributed by atoms with E-state index in [0.29, 0.717) is 5.92 Å². The van der Waals surface area contributed by atoms with E-state index in [1.807, 2.05) is 12.1 Å². The molecule has 1 aliphatic rings. The molecule has 0 amide bonds. The van der Waals surface area contributed by atoms with Crippen LogP contribution in [0.4, 0.5) is 4.39 Å². The quantitative estimate of drug-likeness (QED) is 0.157. The molecule has 0 aromatic heterocycles. The van der Waals surface area contributed by atoms with Gasteiger partial charge in [-0.2, -0.15) is 0 Å². The molecule has 27 heavy (non-hydrogen) atoms. The third-order valence-corrected chi connectivity index (χ3v) is 5.15. The minimum Gasteiger partial charge on any atom is -0.381 e. The Bertz CT molecular complexity index is 528. The SMILES string of the molecule is CN=C(NCCCOCC1CCOC1)NCCCSc1ccc(F)cc1.I. The fourth-order valence-electron chi connectivity index (χ4n) is 2.57. The first-order valence-corrected chi connectivity index (χ1v) is 10.2. The lowest BCUT2D eigenvalue weighted by atomic mass is 10.1. The van der Waals surface area contributed by atoms with E-state index in [1.165, 1.54) is 12.1 Å². The monoisotopic (exact) mass is 511 g/mol. The van der Waals surface area contributed by atoms with Gasteiger partial charge in [-0.05, 0) is 49.3 Å². The first-order chi connectivity index (χ1) is 12.8. The van der Waals surface area contributed by atoms with Gasteiger partial charge >= 0.3 is 0 Å². The maximum Gasteiger partial charge on any atom is 0.190 e. The van der Waals surface area contributed by atoms with E-state index in [1.54, 1.807) is 18.8 Å². The molecule has 1 saturated heterocycles. The maximum absolute atomic E-state index is 12.8. The van der Waals surface area contributed by atoms with Crippen molar-refractivity contribution in [2.45, 2.75) is 24.2 Å². The van der Waals surface area contributed by atoms with E-state index in [9.17, 15) is 4.39 Å². The summed E-state index contributed by atoms with van der Waals surface area (Å²) in [6, 6.07) is 6.63. The van der Waals surface area contributed by atoms with Crippen LogP contribution in [0.2, 0.25) is 0 Å². The smallest absolute Gasteiger partial charge is 0.190 e. The van der Waals surface area contributed by atoms with Crippen LogP contribution in [0.3, 0.4) is 0 Å². The fraction of sp³-hybridized carbons (Fsp3) is 0.632. The minimum absolute atomic E-state index is 0. The van der Waals surface area contributed by atoms with Crippen LogP contribution in [0.25, 0.3) is 0 Å². The number of hydrogen-bond acceptors (Lipinski definition) is 4. The van der Waals surface area contributed by atoms with Crippen molar-refractivity contribution in [3.05, 3.63) is 30.1 Å². The van der Waals surface area contributed by atoms with Gasteiger partial charge in [-0.3, -0.25) is 4.99 Å². The molecule has 8 heteroatoms. The number of nitrogens with one attached hydrogen (secondary N) is 2. The number of rotatable bonds is 11. The minimum atomic E-state index is -0.191. The van der Waals surface area contributed by atoms with Gasteiger partial charge in [0.25, 0.3) is 0 Å².